The van der Waals surface area contributed by atoms with Crippen molar-refractivity contribution in [3.8, 4) is 0 Å². The van der Waals surface area contributed by atoms with E-state index in [9.17, 15) is 0 Å². The van der Waals surface area contributed by atoms with Gasteiger partial charge < -0.3 is 9.64 Å². The number of hydrogen-bond donors (Lipinski definition) is 0. The summed E-state index contributed by atoms with van der Waals surface area (Å²) in [5, 5.41) is 12.5. The smallest absolute Gasteiger partial charge is 0.246 e. The third-order valence-electron chi connectivity index (χ3n) is 4.85. The molecule has 2 fully saturated rings. The van der Waals surface area contributed by atoms with Gasteiger partial charge >= 0.3 is 0 Å². The number of anilines is 1. The van der Waals surface area contributed by atoms with Gasteiger partial charge in [-0.25, -0.2) is 4.68 Å². The van der Waals surface area contributed by atoms with Crippen LogP contribution < -0.4 is 4.90 Å². The van der Waals surface area contributed by atoms with Gasteiger partial charge in [-0.3, -0.25) is 0 Å². The van der Waals surface area contributed by atoms with Crippen LogP contribution in [0.5, 0.6) is 0 Å². The van der Waals surface area contributed by atoms with Crippen molar-refractivity contribution in [3.05, 3.63) is 11.6 Å². The molecule has 1 aromatic heterocycles. The number of thioether (sulfide) groups is 1. The van der Waals surface area contributed by atoms with E-state index in [-0.39, 0.29) is 5.60 Å². The monoisotopic (exact) mass is 321 g/mol. The van der Waals surface area contributed by atoms with E-state index in [0.29, 0.717) is 0 Å². The molecule has 4 rings (SSSR count). The number of tetrazole rings is 1. The number of rotatable bonds is 3. The topological polar surface area (TPSA) is 56.1 Å². The first-order chi connectivity index (χ1) is 10.8. The highest BCUT2D eigenvalue weighted by Gasteiger charge is 2.41. The summed E-state index contributed by atoms with van der Waals surface area (Å²) in [7, 11) is 0. The van der Waals surface area contributed by atoms with Gasteiger partial charge in [-0.15, -0.1) is 0 Å². The molecule has 1 atom stereocenters. The maximum Gasteiger partial charge on any atom is 0.246 e. The Morgan fingerprint density at radius 2 is 2.36 bits per heavy atom. The standard InChI is InChI=1S/C15H23N5OS/c1-2-4-13(5-3-1)10-20-14(16-17-18-20)19-7-8-21-15(11-19)6-9-22-12-15/h4H,1-3,5-12H2. The molecule has 0 amide bonds. The Balaban J connectivity index is 1.50. The van der Waals surface area contributed by atoms with E-state index in [0.717, 1.165) is 44.4 Å². The molecule has 0 bridgehead atoms. The third-order valence-corrected chi connectivity index (χ3v) is 6.07. The summed E-state index contributed by atoms with van der Waals surface area (Å²) >= 11 is 1.99. The molecule has 22 heavy (non-hydrogen) atoms. The predicted octanol–water partition coefficient (Wildman–Crippen LogP) is 1.89. The molecule has 0 aromatic carbocycles. The van der Waals surface area contributed by atoms with Crippen LogP contribution >= 0.6 is 11.8 Å². The number of allylic oxidation sites excluding steroid dienone is 2. The second-order valence-corrected chi connectivity index (χ2v) is 7.61. The van der Waals surface area contributed by atoms with Gasteiger partial charge in [0.05, 0.1) is 25.3 Å². The van der Waals surface area contributed by atoms with Crippen LogP contribution in [-0.2, 0) is 11.3 Å². The highest BCUT2D eigenvalue weighted by atomic mass is 32.2. The van der Waals surface area contributed by atoms with Crippen LogP contribution in [0.3, 0.4) is 0 Å². The summed E-state index contributed by atoms with van der Waals surface area (Å²) in [4.78, 5) is 2.32. The SMILES string of the molecule is C1=C(Cn2nnnc2N2CCOC3(CCSC3)C2)CCCC1. The predicted molar refractivity (Wildman–Crippen MR) is 87.2 cm³/mol. The molecule has 1 unspecified atom stereocenters. The van der Waals surface area contributed by atoms with Crippen molar-refractivity contribution in [2.75, 3.05) is 36.1 Å². The summed E-state index contributed by atoms with van der Waals surface area (Å²) in [5.41, 5.74) is 1.49. The Kier molecular flexibility index (Phi) is 4.09. The van der Waals surface area contributed by atoms with E-state index in [2.05, 4.69) is 26.5 Å². The van der Waals surface area contributed by atoms with Crippen LogP contribution in [0.2, 0.25) is 0 Å². The lowest BCUT2D eigenvalue weighted by atomic mass is 10.00. The average molecular weight is 321 g/mol. The van der Waals surface area contributed by atoms with E-state index in [4.69, 9.17) is 4.74 Å². The molecule has 3 aliphatic rings. The maximum atomic E-state index is 6.09. The minimum atomic E-state index is 0.0177. The summed E-state index contributed by atoms with van der Waals surface area (Å²) in [6.45, 7) is 3.41. The first-order valence-corrected chi connectivity index (χ1v) is 9.41. The zero-order chi connectivity index (χ0) is 14.8. The minimum absolute atomic E-state index is 0.0177. The highest BCUT2D eigenvalue weighted by Crippen LogP contribution is 2.35. The fraction of sp³-hybridized carbons (Fsp3) is 0.800. The molecule has 1 aromatic rings. The van der Waals surface area contributed by atoms with E-state index in [1.807, 2.05) is 16.4 Å². The largest absolute Gasteiger partial charge is 0.370 e. The van der Waals surface area contributed by atoms with E-state index in [1.54, 1.807) is 0 Å². The molecule has 2 aliphatic heterocycles. The molecule has 0 radical (unpaired) electrons. The number of nitrogens with zero attached hydrogens (tertiary/aromatic N) is 5. The molecule has 3 heterocycles. The van der Waals surface area contributed by atoms with Crippen molar-refractivity contribution in [3.63, 3.8) is 0 Å². The lowest BCUT2D eigenvalue weighted by Crippen LogP contribution is -2.52. The van der Waals surface area contributed by atoms with Gasteiger partial charge in [0.15, 0.2) is 0 Å². The van der Waals surface area contributed by atoms with Crippen LogP contribution in [0.4, 0.5) is 5.95 Å². The van der Waals surface area contributed by atoms with Crippen molar-refractivity contribution in [2.45, 2.75) is 44.2 Å². The van der Waals surface area contributed by atoms with E-state index >= 15 is 0 Å². The molecule has 0 saturated carbocycles. The fourth-order valence-corrected chi connectivity index (χ4v) is 4.96. The van der Waals surface area contributed by atoms with Gasteiger partial charge in [-0.2, -0.15) is 11.8 Å². The summed E-state index contributed by atoms with van der Waals surface area (Å²) in [6, 6.07) is 0. The maximum absolute atomic E-state index is 6.09. The van der Waals surface area contributed by atoms with E-state index < -0.39 is 0 Å². The molecule has 1 aliphatic carbocycles. The molecule has 1 spiro atoms. The highest BCUT2D eigenvalue weighted by molar-refractivity contribution is 7.99. The summed E-state index contributed by atoms with van der Waals surface area (Å²) in [6.07, 6.45) is 8.49. The van der Waals surface area contributed by atoms with Crippen molar-refractivity contribution in [2.24, 2.45) is 0 Å². The lowest BCUT2D eigenvalue weighted by Gasteiger charge is -2.40. The molecular formula is C15H23N5OS. The van der Waals surface area contributed by atoms with Crippen molar-refractivity contribution >= 4 is 17.7 Å². The number of hydrogen-bond acceptors (Lipinski definition) is 6. The third kappa shape index (κ3) is 2.88. The average Bonchev–Trinajstić information content (AvgIpc) is 3.18. The zero-order valence-electron chi connectivity index (χ0n) is 12.9. The molecule has 120 valence electrons. The Morgan fingerprint density at radius 3 is 3.18 bits per heavy atom. The number of aromatic nitrogens is 4. The van der Waals surface area contributed by atoms with Crippen LogP contribution in [-0.4, -0.2) is 57.0 Å². The Morgan fingerprint density at radius 1 is 1.36 bits per heavy atom. The normalized spacial score (nSPS) is 29.1. The van der Waals surface area contributed by atoms with Crippen LogP contribution in [0.25, 0.3) is 0 Å². The second-order valence-electron chi connectivity index (χ2n) is 6.50. The van der Waals surface area contributed by atoms with Gasteiger partial charge in [0.1, 0.15) is 0 Å². The van der Waals surface area contributed by atoms with Gasteiger partial charge in [-0.1, -0.05) is 16.7 Å². The quantitative estimate of drug-likeness (QED) is 0.793. The van der Waals surface area contributed by atoms with Crippen molar-refractivity contribution < 1.29 is 4.74 Å². The van der Waals surface area contributed by atoms with Crippen LogP contribution in [0, 0.1) is 0 Å². The minimum Gasteiger partial charge on any atom is -0.370 e. The molecule has 2 saturated heterocycles. The van der Waals surface area contributed by atoms with E-state index in [1.165, 1.54) is 37.0 Å². The summed E-state index contributed by atoms with van der Waals surface area (Å²) in [5.74, 6) is 3.20. The van der Waals surface area contributed by atoms with Crippen LogP contribution in [0.1, 0.15) is 32.1 Å². The van der Waals surface area contributed by atoms with Crippen LogP contribution in [0.15, 0.2) is 11.6 Å². The van der Waals surface area contributed by atoms with Gasteiger partial charge in [0, 0.05) is 12.3 Å². The number of morpholine rings is 1. The second kappa shape index (κ2) is 6.20. The van der Waals surface area contributed by atoms with Gasteiger partial charge in [-0.05, 0) is 48.3 Å². The van der Waals surface area contributed by atoms with Crippen molar-refractivity contribution in [1.82, 2.24) is 20.2 Å². The van der Waals surface area contributed by atoms with Crippen molar-refractivity contribution in [1.29, 1.82) is 0 Å². The molecule has 6 nitrogen and oxygen atoms in total. The first kappa shape index (κ1) is 14.5. The molecule has 7 heteroatoms. The zero-order valence-corrected chi connectivity index (χ0v) is 13.7. The Labute approximate surface area is 135 Å². The Bertz CT molecular complexity index is 552. The molecule has 0 N–H and O–H groups in total. The van der Waals surface area contributed by atoms with Gasteiger partial charge in [0.25, 0.3) is 0 Å². The first-order valence-electron chi connectivity index (χ1n) is 8.25. The Hall–Kier alpha value is -1.08. The number of ether oxygens (including phenoxy) is 1. The fourth-order valence-electron chi connectivity index (χ4n) is 3.61. The lowest BCUT2D eigenvalue weighted by molar-refractivity contribution is -0.0362. The molecular weight excluding hydrogens is 298 g/mol. The summed E-state index contributed by atoms with van der Waals surface area (Å²) < 4.78 is 8.06. The van der Waals surface area contributed by atoms with Gasteiger partial charge in [0.2, 0.25) is 5.95 Å².